The number of hydrogen-bond donors (Lipinski definition) is 2. The Balaban J connectivity index is 1.82. The average Bonchev–Trinajstić information content (AvgIpc) is 3.01. The van der Waals surface area contributed by atoms with E-state index in [1.807, 2.05) is 31.2 Å². The first-order chi connectivity index (χ1) is 11.3. The lowest BCUT2D eigenvalue weighted by molar-refractivity contribution is 0.0953. The maximum Gasteiger partial charge on any atom is 0.252 e. The molecule has 0 aliphatic rings. The van der Waals surface area contributed by atoms with Crippen LogP contribution in [-0.4, -0.2) is 19.3 Å². The van der Waals surface area contributed by atoms with Gasteiger partial charge in [-0.1, -0.05) is 18.2 Å². The first-order valence-electron chi connectivity index (χ1n) is 7.11. The molecule has 1 amide bonds. The molecule has 3 rings (SSSR count). The highest BCUT2D eigenvalue weighted by Crippen LogP contribution is 2.21. The highest BCUT2D eigenvalue weighted by atomic mass is 32.2. The van der Waals surface area contributed by atoms with Gasteiger partial charge in [0.05, 0.1) is 17.6 Å². The monoisotopic (exact) mass is 361 g/mol. The topological polar surface area (TPSA) is 102 Å². The van der Waals surface area contributed by atoms with Gasteiger partial charge in [0, 0.05) is 16.0 Å². The van der Waals surface area contributed by atoms with E-state index < -0.39 is 10.0 Å². The number of rotatable bonds is 4. The fourth-order valence-corrected chi connectivity index (χ4v) is 4.08. The molecule has 0 saturated carbocycles. The van der Waals surface area contributed by atoms with Crippen molar-refractivity contribution < 1.29 is 13.2 Å². The number of fused-ring (bicyclic) bond motifs is 1. The zero-order chi connectivity index (χ0) is 17.3. The summed E-state index contributed by atoms with van der Waals surface area (Å²) in [4.78, 5) is 17.6. The largest absolute Gasteiger partial charge is 0.347 e. The van der Waals surface area contributed by atoms with Crippen molar-refractivity contribution in [3.63, 3.8) is 0 Å². The Morgan fingerprint density at radius 1 is 1.25 bits per heavy atom. The molecule has 1 aromatic carbocycles. The summed E-state index contributed by atoms with van der Waals surface area (Å²) in [6.45, 7) is 2.07. The van der Waals surface area contributed by atoms with E-state index in [9.17, 15) is 13.2 Å². The standard InChI is InChI=1S/C16H15N3O3S2/c1-10-8-13(12-4-2-3-5-14(12)19-10)16(20)18-9-11-6-7-15(23-11)24(17,21)22/h2-8H,9H2,1H3,(H,18,20)(H2,17,21,22). The Morgan fingerprint density at radius 2 is 2.00 bits per heavy atom. The molecular weight excluding hydrogens is 346 g/mol. The van der Waals surface area contributed by atoms with Gasteiger partial charge in [0.25, 0.3) is 5.91 Å². The van der Waals surface area contributed by atoms with Crippen molar-refractivity contribution in [1.29, 1.82) is 0 Å². The van der Waals surface area contributed by atoms with Crippen molar-refractivity contribution in [2.45, 2.75) is 17.7 Å². The number of thiophene rings is 1. The lowest BCUT2D eigenvalue weighted by Crippen LogP contribution is -2.22. The van der Waals surface area contributed by atoms with E-state index in [0.29, 0.717) is 10.4 Å². The van der Waals surface area contributed by atoms with Gasteiger partial charge in [-0.25, -0.2) is 13.6 Å². The van der Waals surface area contributed by atoms with E-state index in [-0.39, 0.29) is 16.7 Å². The lowest BCUT2D eigenvalue weighted by atomic mass is 10.1. The second-order valence-electron chi connectivity index (χ2n) is 5.28. The summed E-state index contributed by atoms with van der Waals surface area (Å²) in [6, 6.07) is 12.2. The third-order valence-corrected chi connectivity index (χ3v) is 5.95. The van der Waals surface area contributed by atoms with Crippen LogP contribution in [0.3, 0.4) is 0 Å². The number of amides is 1. The summed E-state index contributed by atoms with van der Waals surface area (Å²) in [5.41, 5.74) is 2.06. The predicted octanol–water partition coefficient (Wildman–Crippen LogP) is 2.18. The molecule has 8 heteroatoms. The van der Waals surface area contributed by atoms with Crippen LogP contribution in [0.5, 0.6) is 0 Å². The Labute approximate surface area is 143 Å². The third kappa shape index (κ3) is 3.45. The summed E-state index contributed by atoms with van der Waals surface area (Å²) in [5.74, 6) is -0.234. The molecule has 0 spiro atoms. The van der Waals surface area contributed by atoms with Crippen LogP contribution in [0.25, 0.3) is 10.9 Å². The van der Waals surface area contributed by atoms with Gasteiger partial charge < -0.3 is 5.32 Å². The van der Waals surface area contributed by atoms with Crippen molar-refractivity contribution in [2.75, 3.05) is 0 Å². The smallest absolute Gasteiger partial charge is 0.252 e. The second kappa shape index (κ2) is 6.31. The number of benzene rings is 1. The first-order valence-corrected chi connectivity index (χ1v) is 9.47. The molecule has 0 aliphatic carbocycles. The number of para-hydroxylation sites is 1. The number of nitrogens with two attached hydrogens (primary N) is 1. The molecule has 6 nitrogen and oxygen atoms in total. The molecule has 2 aromatic heterocycles. The molecule has 24 heavy (non-hydrogen) atoms. The number of carbonyl (C=O) groups excluding carboxylic acids is 1. The molecule has 0 fully saturated rings. The molecular formula is C16H15N3O3S2. The third-order valence-electron chi connectivity index (χ3n) is 3.43. The number of hydrogen-bond acceptors (Lipinski definition) is 5. The van der Waals surface area contributed by atoms with Gasteiger partial charge in [0.15, 0.2) is 0 Å². The molecule has 0 bridgehead atoms. The summed E-state index contributed by atoms with van der Waals surface area (Å²) in [7, 11) is -3.71. The quantitative estimate of drug-likeness (QED) is 0.743. The number of pyridine rings is 1. The Kier molecular flexibility index (Phi) is 4.35. The number of primary sulfonamides is 1. The molecule has 2 heterocycles. The van der Waals surface area contributed by atoms with Crippen LogP contribution in [0.4, 0.5) is 0 Å². The Morgan fingerprint density at radius 3 is 2.71 bits per heavy atom. The summed E-state index contributed by atoms with van der Waals surface area (Å²) < 4.78 is 22.6. The second-order valence-corrected chi connectivity index (χ2v) is 8.23. The normalized spacial score (nSPS) is 11.6. The molecule has 0 atom stereocenters. The van der Waals surface area contributed by atoms with Gasteiger partial charge in [-0.15, -0.1) is 11.3 Å². The molecule has 3 N–H and O–H groups in total. The molecule has 0 unspecified atom stereocenters. The van der Waals surface area contributed by atoms with Crippen molar-refractivity contribution in [3.05, 3.63) is 58.6 Å². The van der Waals surface area contributed by atoms with E-state index in [0.717, 1.165) is 27.9 Å². The van der Waals surface area contributed by atoms with Crippen molar-refractivity contribution in [2.24, 2.45) is 5.14 Å². The van der Waals surface area contributed by atoms with E-state index in [1.54, 1.807) is 12.1 Å². The maximum absolute atomic E-state index is 12.5. The van der Waals surface area contributed by atoms with Crippen LogP contribution < -0.4 is 10.5 Å². The van der Waals surface area contributed by atoms with E-state index in [4.69, 9.17) is 5.14 Å². The van der Waals surface area contributed by atoms with E-state index >= 15 is 0 Å². The van der Waals surface area contributed by atoms with Crippen LogP contribution in [-0.2, 0) is 16.6 Å². The van der Waals surface area contributed by atoms with Crippen LogP contribution in [0.2, 0.25) is 0 Å². The van der Waals surface area contributed by atoms with Crippen molar-refractivity contribution in [1.82, 2.24) is 10.3 Å². The fourth-order valence-electron chi connectivity index (χ4n) is 2.36. The van der Waals surface area contributed by atoms with Crippen LogP contribution in [0.1, 0.15) is 20.9 Å². The lowest BCUT2D eigenvalue weighted by Gasteiger charge is -2.08. The summed E-state index contributed by atoms with van der Waals surface area (Å²) in [6.07, 6.45) is 0. The van der Waals surface area contributed by atoms with Crippen LogP contribution in [0, 0.1) is 6.92 Å². The molecule has 0 saturated heterocycles. The Hall–Kier alpha value is -2.29. The maximum atomic E-state index is 12.5. The fraction of sp³-hybridized carbons (Fsp3) is 0.125. The molecule has 124 valence electrons. The van der Waals surface area contributed by atoms with E-state index in [2.05, 4.69) is 10.3 Å². The molecule has 0 radical (unpaired) electrons. The zero-order valence-electron chi connectivity index (χ0n) is 12.8. The van der Waals surface area contributed by atoms with Crippen molar-refractivity contribution >= 4 is 38.2 Å². The first kappa shape index (κ1) is 16.6. The van der Waals surface area contributed by atoms with Gasteiger partial charge in [-0.05, 0) is 31.2 Å². The SMILES string of the molecule is Cc1cc(C(=O)NCc2ccc(S(N)(=O)=O)s2)c2ccccc2n1. The zero-order valence-corrected chi connectivity index (χ0v) is 14.4. The van der Waals surface area contributed by atoms with Crippen LogP contribution >= 0.6 is 11.3 Å². The average molecular weight is 361 g/mol. The number of carbonyl (C=O) groups is 1. The number of aryl methyl sites for hydroxylation is 1. The van der Waals surface area contributed by atoms with Crippen molar-refractivity contribution in [3.8, 4) is 0 Å². The van der Waals surface area contributed by atoms with Crippen LogP contribution in [0.15, 0.2) is 46.7 Å². The number of sulfonamides is 1. The van der Waals surface area contributed by atoms with E-state index in [1.165, 1.54) is 6.07 Å². The van der Waals surface area contributed by atoms with Gasteiger partial charge in [0.1, 0.15) is 4.21 Å². The number of aromatic nitrogens is 1. The minimum atomic E-state index is -3.71. The molecule has 3 aromatic rings. The van der Waals surface area contributed by atoms with Gasteiger partial charge >= 0.3 is 0 Å². The highest BCUT2D eigenvalue weighted by Gasteiger charge is 2.14. The van der Waals surface area contributed by atoms with Gasteiger partial charge in [-0.3, -0.25) is 9.78 Å². The molecule has 0 aliphatic heterocycles. The summed E-state index contributed by atoms with van der Waals surface area (Å²) >= 11 is 1.04. The number of nitrogens with one attached hydrogen (secondary N) is 1. The van der Waals surface area contributed by atoms with Gasteiger partial charge in [-0.2, -0.15) is 0 Å². The predicted molar refractivity (Wildman–Crippen MR) is 93.3 cm³/mol. The summed E-state index contributed by atoms with van der Waals surface area (Å²) in [5, 5.41) is 8.67. The highest BCUT2D eigenvalue weighted by molar-refractivity contribution is 7.91. The minimum Gasteiger partial charge on any atom is -0.347 e. The minimum absolute atomic E-state index is 0.0805. The Bertz CT molecular complexity index is 1030. The number of nitrogens with zero attached hydrogens (tertiary/aromatic N) is 1. The van der Waals surface area contributed by atoms with Gasteiger partial charge in [0.2, 0.25) is 10.0 Å².